The predicted octanol–water partition coefficient (Wildman–Crippen LogP) is 2.75. The Morgan fingerprint density at radius 3 is 2.30 bits per heavy atom. The van der Waals surface area contributed by atoms with Gasteiger partial charge in [-0.15, -0.1) is 0 Å². The molecule has 8 nitrogen and oxygen atoms in total. The van der Waals surface area contributed by atoms with Crippen LogP contribution in [0.25, 0.3) is 0 Å². The minimum atomic E-state index is -0.986. The third kappa shape index (κ3) is 7.15. The Labute approximate surface area is 180 Å². The van der Waals surface area contributed by atoms with Crippen LogP contribution in [0.3, 0.4) is 0 Å². The van der Waals surface area contributed by atoms with Gasteiger partial charge < -0.3 is 25.0 Å². The summed E-state index contributed by atoms with van der Waals surface area (Å²) in [6.07, 6.45) is 6.14. The van der Waals surface area contributed by atoms with Crippen molar-refractivity contribution in [3.8, 4) is 0 Å². The molecule has 1 aliphatic carbocycles. The first kappa shape index (κ1) is 24.4. The average molecular weight is 426 g/mol. The highest BCUT2D eigenvalue weighted by Gasteiger charge is 2.43. The number of nitrogens with one attached hydrogen (secondary N) is 2. The van der Waals surface area contributed by atoms with Gasteiger partial charge in [0.2, 0.25) is 5.91 Å². The molecule has 2 fully saturated rings. The lowest BCUT2D eigenvalue weighted by molar-refractivity contribution is -0.159. The number of amides is 3. The highest BCUT2D eigenvalue weighted by molar-refractivity contribution is 5.94. The van der Waals surface area contributed by atoms with E-state index in [1.807, 2.05) is 27.7 Å². The average Bonchev–Trinajstić information content (AvgIpc) is 2.70. The molecule has 1 heterocycles. The zero-order valence-electron chi connectivity index (χ0n) is 19.1. The van der Waals surface area contributed by atoms with Gasteiger partial charge in [-0.05, 0) is 40.0 Å². The van der Waals surface area contributed by atoms with E-state index in [0.717, 1.165) is 32.1 Å². The van der Waals surface area contributed by atoms with Crippen LogP contribution in [0.4, 0.5) is 4.79 Å². The summed E-state index contributed by atoms with van der Waals surface area (Å²) >= 11 is 0. The van der Waals surface area contributed by atoms with Crippen LogP contribution in [-0.2, 0) is 19.1 Å². The van der Waals surface area contributed by atoms with Gasteiger partial charge in [0.25, 0.3) is 0 Å². The lowest BCUT2D eigenvalue weighted by Crippen LogP contribution is -2.64. The lowest BCUT2D eigenvalue weighted by Gasteiger charge is -2.39. The third-order valence-corrected chi connectivity index (χ3v) is 5.63. The van der Waals surface area contributed by atoms with E-state index >= 15 is 0 Å². The summed E-state index contributed by atoms with van der Waals surface area (Å²) in [5.41, 5.74) is -1.61. The second-order valence-electron chi connectivity index (χ2n) is 9.37. The summed E-state index contributed by atoms with van der Waals surface area (Å²) in [5, 5.41) is 5.94. The van der Waals surface area contributed by atoms with Crippen LogP contribution >= 0.6 is 0 Å². The molecule has 172 valence electrons. The second-order valence-corrected chi connectivity index (χ2v) is 9.37. The van der Waals surface area contributed by atoms with Crippen molar-refractivity contribution in [1.29, 1.82) is 0 Å². The molecule has 8 heteroatoms. The number of esters is 1. The van der Waals surface area contributed by atoms with Crippen LogP contribution in [0.15, 0.2) is 0 Å². The van der Waals surface area contributed by atoms with Crippen LogP contribution in [0, 0.1) is 0 Å². The molecular weight excluding hydrogens is 386 g/mol. The maximum Gasteiger partial charge on any atom is 0.329 e. The van der Waals surface area contributed by atoms with Crippen LogP contribution in [0.5, 0.6) is 0 Å². The SMILES string of the molecule is CCCC[C@H](NC(=O)C1(NC(=O)N2CCOCC2)CCCCC1)C(=O)OC(C)(C)C. The van der Waals surface area contributed by atoms with Crippen molar-refractivity contribution in [3.63, 3.8) is 0 Å². The van der Waals surface area contributed by atoms with Gasteiger partial charge in [0.1, 0.15) is 17.2 Å². The molecule has 0 aromatic carbocycles. The van der Waals surface area contributed by atoms with Crippen LogP contribution in [-0.4, -0.2) is 66.3 Å². The van der Waals surface area contributed by atoms with E-state index in [0.29, 0.717) is 45.6 Å². The third-order valence-electron chi connectivity index (χ3n) is 5.63. The fourth-order valence-corrected chi connectivity index (χ4v) is 3.94. The summed E-state index contributed by atoms with van der Waals surface area (Å²) in [6.45, 7) is 9.52. The summed E-state index contributed by atoms with van der Waals surface area (Å²) < 4.78 is 10.8. The molecule has 0 unspecified atom stereocenters. The molecule has 0 bridgehead atoms. The number of morpholine rings is 1. The quantitative estimate of drug-likeness (QED) is 0.612. The number of unbranched alkanes of at least 4 members (excludes halogenated alkanes) is 1. The molecule has 0 aromatic rings. The summed E-state index contributed by atoms with van der Waals surface area (Å²) in [6, 6.07) is -0.950. The number of urea groups is 1. The molecule has 1 saturated heterocycles. The zero-order chi connectivity index (χ0) is 22.2. The van der Waals surface area contributed by atoms with Crippen molar-refractivity contribution in [3.05, 3.63) is 0 Å². The molecule has 1 saturated carbocycles. The van der Waals surface area contributed by atoms with Crippen molar-refractivity contribution < 1.29 is 23.9 Å². The lowest BCUT2D eigenvalue weighted by atomic mass is 9.80. The number of hydrogen-bond acceptors (Lipinski definition) is 5. The Kier molecular flexibility index (Phi) is 8.94. The molecule has 1 aliphatic heterocycles. The first-order chi connectivity index (χ1) is 14.2. The van der Waals surface area contributed by atoms with E-state index < -0.39 is 23.2 Å². The van der Waals surface area contributed by atoms with Crippen molar-refractivity contribution in [1.82, 2.24) is 15.5 Å². The van der Waals surface area contributed by atoms with Gasteiger partial charge >= 0.3 is 12.0 Å². The number of hydrogen-bond donors (Lipinski definition) is 2. The minimum Gasteiger partial charge on any atom is -0.458 e. The molecule has 2 aliphatic rings. The van der Waals surface area contributed by atoms with E-state index in [4.69, 9.17) is 9.47 Å². The molecule has 2 rings (SSSR count). The Hall–Kier alpha value is -1.83. The van der Waals surface area contributed by atoms with Crippen LogP contribution in [0.2, 0.25) is 0 Å². The number of ether oxygens (including phenoxy) is 2. The van der Waals surface area contributed by atoms with Crippen molar-refractivity contribution in [2.24, 2.45) is 0 Å². The van der Waals surface area contributed by atoms with Crippen LogP contribution in [0.1, 0.15) is 79.1 Å². The zero-order valence-corrected chi connectivity index (χ0v) is 19.1. The Balaban J connectivity index is 2.12. The largest absolute Gasteiger partial charge is 0.458 e. The van der Waals surface area contributed by atoms with E-state index in [9.17, 15) is 14.4 Å². The van der Waals surface area contributed by atoms with Crippen molar-refractivity contribution >= 4 is 17.9 Å². The van der Waals surface area contributed by atoms with Crippen molar-refractivity contribution in [2.45, 2.75) is 96.2 Å². The minimum absolute atomic E-state index is 0.238. The molecule has 2 N–H and O–H groups in total. The van der Waals surface area contributed by atoms with E-state index in [2.05, 4.69) is 10.6 Å². The summed E-state index contributed by atoms with van der Waals surface area (Å²) in [5.74, 6) is -0.703. The second kappa shape index (κ2) is 11.0. The summed E-state index contributed by atoms with van der Waals surface area (Å²) in [4.78, 5) is 40.6. The number of carbonyl (C=O) groups is 3. The van der Waals surface area contributed by atoms with Gasteiger partial charge in [-0.2, -0.15) is 0 Å². The number of rotatable bonds is 7. The topological polar surface area (TPSA) is 97.0 Å². The molecule has 30 heavy (non-hydrogen) atoms. The molecular formula is C22H39N3O5. The molecule has 1 atom stereocenters. The van der Waals surface area contributed by atoms with Gasteiger partial charge in [-0.3, -0.25) is 4.79 Å². The molecule has 3 amide bonds. The van der Waals surface area contributed by atoms with Gasteiger partial charge in [-0.25, -0.2) is 9.59 Å². The maximum absolute atomic E-state index is 13.4. The Bertz CT molecular complexity index is 590. The number of nitrogens with zero attached hydrogens (tertiary/aromatic N) is 1. The maximum atomic E-state index is 13.4. The van der Waals surface area contributed by atoms with E-state index in [1.165, 1.54) is 0 Å². The molecule has 0 aromatic heterocycles. The normalized spacial score (nSPS) is 20.2. The highest BCUT2D eigenvalue weighted by atomic mass is 16.6. The smallest absolute Gasteiger partial charge is 0.329 e. The number of carbonyl (C=O) groups excluding carboxylic acids is 3. The molecule has 0 radical (unpaired) electrons. The fraction of sp³-hybridized carbons (Fsp3) is 0.864. The Morgan fingerprint density at radius 2 is 1.73 bits per heavy atom. The molecule has 0 spiro atoms. The van der Waals surface area contributed by atoms with Gasteiger partial charge in [0.05, 0.1) is 13.2 Å². The first-order valence-corrected chi connectivity index (χ1v) is 11.4. The summed E-state index contributed by atoms with van der Waals surface area (Å²) in [7, 11) is 0. The predicted molar refractivity (Wildman–Crippen MR) is 114 cm³/mol. The van der Waals surface area contributed by atoms with Gasteiger partial charge in [-0.1, -0.05) is 39.0 Å². The van der Waals surface area contributed by atoms with Gasteiger partial charge in [0, 0.05) is 13.1 Å². The highest BCUT2D eigenvalue weighted by Crippen LogP contribution is 2.29. The first-order valence-electron chi connectivity index (χ1n) is 11.4. The van der Waals surface area contributed by atoms with Crippen LogP contribution < -0.4 is 10.6 Å². The fourth-order valence-electron chi connectivity index (χ4n) is 3.94. The van der Waals surface area contributed by atoms with E-state index in [-0.39, 0.29) is 11.9 Å². The Morgan fingerprint density at radius 1 is 1.10 bits per heavy atom. The monoisotopic (exact) mass is 425 g/mol. The van der Waals surface area contributed by atoms with Gasteiger partial charge in [0.15, 0.2) is 0 Å². The van der Waals surface area contributed by atoms with Crippen molar-refractivity contribution in [2.75, 3.05) is 26.3 Å². The van der Waals surface area contributed by atoms with E-state index in [1.54, 1.807) is 4.90 Å². The standard InChI is InChI=1S/C22H39N3O5/c1-5-6-10-17(18(26)30-21(2,3)4)23-19(27)22(11-8-7-9-12-22)24-20(28)25-13-15-29-16-14-25/h17H,5-16H2,1-4H3,(H,23,27)(H,24,28)/t17-/m0/s1.